The van der Waals surface area contributed by atoms with Gasteiger partial charge in [0.15, 0.2) is 0 Å². The zero-order valence-electron chi connectivity index (χ0n) is 18.5. The fraction of sp³-hybridized carbons (Fsp3) is 0.391. The maximum Gasteiger partial charge on any atom is 0.243 e. The molecule has 0 unspecified atom stereocenters. The molecule has 0 bridgehead atoms. The molecular formula is C23H29N5O3S. The van der Waals surface area contributed by atoms with Crippen molar-refractivity contribution in [1.29, 1.82) is 5.26 Å². The van der Waals surface area contributed by atoms with E-state index in [-0.39, 0.29) is 17.3 Å². The number of benzene rings is 2. The van der Waals surface area contributed by atoms with E-state index < -0.39 is 10.0 Å². The molecule has 1 saturated heterocycles. The number of sulfonamides is 1. The van der Waals surface area contributed by atoms with Crippen LogP contribution in [0.4, 0.5) is 0 Å². The summed E-state index contributed by atoms with van der Waals surface area (Å²) in [6.45, 7) is 5.13. The average Bonchev–Trinajstić information content (AvgIpc) is 2.79. The highest BCUT2D eigenvalue weighted by Gasteiger charge is 2.23. The van der Waals surface area contributed by atoms with E-state index in [0.29, 0.717) is 12.1 Å². The molecule has 32 heavy (non-hydrogen) atoms. The molecule has 0 atom stereocenters. The maximum atomic E-state index is 12.7. The number of carbonyl (C=O) groups is 1. The van der Waals surface area contributed by atoms with Crippen molar-refractivity contribution in [3.05, 3.63) is 65.2 Å². The fourth-order valence-electron chi connectivity index (χ4n) is 3.53. The number of hydrogen-bond acceptors (Lipinski definition) is 6. The van der Waals surface area contributed by atoms with E-state index in [9.17, 15) is 13.2 Å². The van der Waals surface area contributed by atoms with Crippen molar-refractivity contribution in [2.75, 3.05) is 46.8 Å². The van der Waals surface area contributed by atoms with Gasteiger partial charge in [-0.1, -0.05) is 24.3 Å². The topological polar surface area (TPSA) is 96.8 Å². The molecule has 9 heteroatoms. The van der Waals surface area contributed by atoms with Crippen LogP contribution in [0, 0.1) is 11.3 Å². The summed E-state index contributed by atoms with van der Waals surface area (Å²) in [4.78, 5) is 17.1. The lowest BCUT2D eigenvalue weighted by Gasteiger charge is -2.32. The number of piperazine rings is 1. The standard InChI is InChI=1S/C23H29N5O3S/c1-26-10-12-28(13-11-26)17-21-5-3-4-20(14-21)16-25-23(29)18-27(2)32(30,31)22-8-6-19(15-24)7-9-22/h3-9,14H,10-13,16-18H2,1-2H3,(H,25,29). The molecule has 0 aromatic heterocycles. The Hall–Kier alpha value is -2.77. The summed E-state index contributed by atoms with van der Waals surface area (Å²) in [5.41, 5.74) is 2.54. The van der Waals surface area contributed by atoms with Gasteiger partial charge in [-0.2, -0.15) is 9.57 Å². The van der Waals surface area contributed by atoms with Gasteiger partial charge in [-0.05, 0) is 42.4 Å². The predicted octanol–water partition coefficient (Wildman–Crippen LogP) is 1.24. The van der Waals surface area contributed by atoms with Crippen LogP contribution in [0.15, 0.2) is 53.4 Å². The van der Waals surface area contributed by atoms with Gasteiger partial charge in [-0.25, -0.2) is 8.42 Å². The van der Waals surface area contributed by atoms with Crippen molar-refractivity contribution in [2.45, 2.75) is 18.0 Å². The smallest absolute Gasteiger partial charge is 0.243 e. The summed E-state index contributed by atoms with van der Waals surface area (Å²) < 4.78 is 26.3. The minimum Gasteiger partial charge on any atom is -0.351 e. The Bertz CT molecular complexity index is 1070. The van der Waals surface area contributed by atoms with Crippen molar-refractivity contribution in [3.63, 3.8) is 0 Å². The van der Waals surface area contributed by atoms with E-state index >= 15 is 0 Å². The summed E-state index contributed by atoms with van der Waals surface area (Å²) >= 11 is 0. The summed E-state index contributed by atoms with van der Waals surface area (Å²) in [5, 5.41) is 11.7. The second-order valence-electron chi connectivity index (χ2n) is 8.07. The second kappa shape index (κ2) is 10.7. The first-order valence-corrected chi connectivity index (χ1v) is 11.9. The number of likely N-dealkylation sites (N-methyl/N-ethyl adjacent to an activating group) is 2. The van der Waals surface area contributed by atoms with Gasteiger partial charge in [-0.15, -0.1) is 0 Å². The highest BCUT2D eigenvalue weighted by molar-refractivity contribution is 7.89. The number of rotatable bonds is 8. The van der Waals surface area contributed by atoms with Crippen LogP contribution in [-0.4, -0.2) is 75.2 Å². The Balaban J connectivity index is 1.52. The largest absolute Gasteiger partial charge is 0.351 e. The van der Waals surface area contributed by atoms with Crippen LogP contribution >= 0.6 is 0 Å². The Morgan fingerprint density at radius 3 is 2.41 bits per heavy atom. The van der Waals surface area contributed by atoms with E-state index in [1.54, 1.807) is 0 Å². The Morgan fingerprint density at radius 1 is 1.09 bits per heavy atom. The van der Waals surface area contributed by atoms with Gasteiger partial charge in [0, 0.05) is 46.3 Å². The molecule has 3 rings (SSSR count). The molecule has 2 aromatic carbocycles. The third-order valence-electron chi connectivity index (χ3n) is 5.54. The van der Waals surface area contributed by atoms with E-state index in [0.717, 1.165) is 42.6 Å². The number of hydrogen-bond donors (Lipinski definition) is 1. The van der Waals surface area contributed by atoms with Crippen LogP contribution in [0.25, 0.3) is 0 Å². The van der Waals surface area contributed by atoms with E-state index in [2.05, 4.69) is 34.3 Å². The Kier molecular flexibility index (Phi) is 7.99. The number of amides is 1. The molecule has 1 aliphatic rings. The molecule has 1 heterocycles. The maximum absolute atomic E-state index is 12.7. The Morgan fingerprint density at radius 2 is 1.75 bits per heavy atom. The predicted molar refractivity (Wildman–Crippen MR) is 122 cm³/mol. The SMILES string of the molecule is CN1CCN(Cc2cccc(CNC(=O)CN(C)S(=O)(=O)c3ccc(C#N)cc3)c2)CC1. The van der Waals surface area contributed by atoms with Crippen LogP contribution in [-0.2, 0) is 27.9 Å². The zero-order chi connectivity index (χ0) is 23.1. The summed E-state index contributed by atoms with van der Waals surface area (Å²) in [5.74, 6) is -0.380. The molecule has 8 nitrogen and oxygen atoms in total. The molecular weight excluding hydrogens is 426 g/mol. The van der Waals surface area contributed by atoms with Gasteiger partial charge >= 0.3 is 0 Å². The number of nitriles is 1. The molecule has 0 radical (unpaired) electrons. The monoisotopic (exact) mass is 455 g/mol. The highest BCUT2D eigenvalue weighted by atomic mass is 32.2. The molecule has 170 valence electrons. The molecule has 1 N–H and O–H groups in total. The third-order valence-corrected chi connectivity index (χ3v) is 7.36. The van der Waals surface area contributed by atoms with Gasteiger partial charge in [0.2, 0.25) is 15.9 Å². The average molecular weight is 456 g/mol. The molecule has 0 aliphatic carbocycles. The molecule has 2 aromatic rings. The summed E-state index contributed by atoms with van der Waals surface area (Å²) in [6, 6.07) is 15.7. The normalized spacial score (nSPS) is 15.4. The van der Waals surface area contributed by atoms with Crippen molar-refractivity contribution < 1.29 is 13.2 Å². The van der Waals surface area contributed by atoms with E-state index in [1.165, 1.54) is 36.9 Å². The van der Waals surface area contributed by atoms with Crippen LogP contribution in [0.2, 0.25) is 0 Å². The lowest BCUT2D eigenvalue weighted by atomic mass is 10.1. The summed E-state index contributed by atoms with van der Waals surface area (Å²) in [6.07, 6.45) is 0. The Labute approximate surface area is 190 Å². The second-order valence-corrected chi connectivity index (χ2v) is 10.1. The van der Waals surface area contributed by atoms with Crippen molar-refractivity contribution in [3.8, 4) is 6.07 Å². The van der Waals surface area contributed by atoms with E-state index in [4.69, 9.17) is 5.26 Å². The van der Waals surface area contributed by atoms with Crippen molar-refractivity contribution >= 4 is 15.9 Å². The van der Waals surface area contributed by atoms with E-state index in [1.807, 2.05) is 18.2 Å². The highest BCUT2D eigenvalue weighted by Crippen LogP contribution is 2.15. The first-order chi connectivity index (χ1) is 15.3. The van der Waals surface area contributed by atoms with Gasteiger partial charge in [0.1, 0.15) is 0 Å². The number of nitrogens with one attached hydrogen (secondary N) is 1. The van der Waals surface area contributed by atoms with Crippen LogP contribution in [0.5, 0.6) is 0 Å². The minimum atomic E-state index is -3.81. The third kappa shape index (κ3) is 6.37. The van der Waals surface area contributed by atoms with Gasteiger partial charge in [0.05, 0.1) is 23.1 Å². The van der Waals surface area contributed by atoms with Gasteiger partial charge in [-0.3, -0.25) is 9.69 Å². The van der Waals surface area contributed by atoms with Gasteiger partial charge in [0.25, 0.3) is 0 Å². The van der Waals surface area contributed by atoms with Gasteiger partial charge < -0.3 is 10.2 Å². The lowest BCUT2D eigenvalue weighted by molar-refractivity contribution is -0.121. The molecule has 1 aliphatic heterocycles. The van der Waals surface area contributed by atoms with Crippen molar-refractivity contribution in [2.24, 2.45) is 0 Å². The van der Waals surface area contributed by atoms with Crippen LogP contribution < -0.4 is 5.32 Å². The quantitative estimate of drug-likeness (QED) is 0.643. The summed E-state index contributed by atoms with van der Waals surface area (Å²) in [7, 11) is -0.317. The molecule has 1 amide bonds. The molecule has 1 fully saturated rings. The fourth-order valence-corrected chi connectivity index (χ4v) is 4.65. The number of nitrogens with zero attached hydrogens (tertiary/aromatic N) is 4. The lowest BCUT2D eigenvalue weighted by Crippen LogP contribution is -2.43. The van der Waals surface area contributed by atoms with Crippen LogP contribution in [0.1, 0.15) is 16.7 Å². The molecule has 0 saturated carbocycles. The minimum absolute atomic E-state index is 0.0448. The van der Waals surface area contributed by atoms with Crippen molar-refractivity contribution in [1.82, 2.24) is 19.4 Å². The van der Waals surface area contributed by atoms with Crippen LogP contribution in [0.3, 0.4) is 0 Å². The first-order valence-electron chi connectivity index (χ1n) is 10.5. The molecule has 0 spiro atoms. The first kappa shape index (κ1) is 23.9. The number of carbonyl (C=O) groups excluding carboxylic acids is 1. The zero-order valence-corrected chi connectivity index (χ0v) is 19.3.